The van der Waals surface area contributed by atoms with Crippen molar-refractivity contribution in [2.75, 3.05) is 24.5 Å². The molecule has 0 radical (unpaired) electrons. The lowest BCUT2D eigenvalue weighted by Gasteiger charge is -2.58. The molecule has 0 unspecified atom stereocenters. The highest BCUT2D eigenvalue weighted by Gasteiger charge is 2.52. The standard InChI is InChI=1S/C93H69B2N5/c1-8-28-63(29-9-1)68-55-86-90-87(56-68)100(93-76(66-34-14-4-15-35-66)44-27-45-77(93)67-36-16-5-17-37-67)85-60-84-80(59-81(85)94(90)78-46-22-24-48-82(78)97(86)69-38-18-6-19-39-69)95-79-47-23-25-49-83(79)99(92-74(64-30-10-2-11-31-64)42-26-43-75(92)65-32-12-3-13-33-65)89-58-73(96-71-51-61-50-62(53-71)54-72(96)52-61)57-88(91(89)95)98(84)70-40-20-7-21-41-70/h1-49,55-62,71-72H,50-54H2. The molecule has 7 heteroatoms. The molecular formula is C93H69B2N5. The van der Waals surface area contributed by atoms with Crippen molar-refractivity contribution < 1.29 is 0 Å². The Balaban J connectivity index is 0.909. The maximum Gasteiger partial charge on any atom is 0.252 e. The fourth-order valence-electron chi connectivity index (χ4n) is 19.4. The van der Waals surface area contributed by atoms with E-state index in [1.54, 1.807) is 0 Å². The zero-order valence-corrected chi connectivity index (χ0v) is 55.5. The predicted octanol–water partition coefficient (Wildman–Crippen LogP) is 20.0. The van der Waals surface area contributed by atoms with Crippen LogP contribution in [0.25, 0.3) is 55.6 Å². The molecular weight excluding hydrogens is 1210 g/mol. The summed E-state index contributed by atoms with van der Waals surface area (Å²) in [6.45, 7) is -0.346. The lowest BCUT2D eigenvalue weighted by molar-refractivity contribution is 0.0900. The minimum absolute atomic E-state index is 0.171. The van der Waals surface area contributed by atoms with E-state index in [1.807, 2.05) is 0 Å². The van der Waals surface area contributed by atoms with Crippen molar-refractivity contribution in [3.05, 3.63) is 334 Å². The third-order valence-corrected chi connectivity index (χ3v) is 23.2. The SMILES string of the molecule is c1ccc(-c2cc3c4c(c2)N(c2c(-c5ccccc5)cccc2-c2ccccc2)c2cc5c(cc2B4c2ccccc2N3c2ccccc2)B2c3ccccc3N(c3c(-c4ccccc4)cccc3-c3ccccc3)c3cc(N4C6CC7CC(C6)CC4C7)cc(c32)N5c2ccccc2)cc1. The molecule has 0 aromatic heterocycles. The van der Waals surface area contributed by atoms with Gasteiger partial charge in [0, 0.05) is 96.9 Å². The molecule has 5 nitrogen and oxygen atoms in total. The van der Waals surface area contributed by atoms with Gasteiger partial charge >= 0.3 is 0 Å². The summed E-state index contributed by atoms with van der Waals surface area (Å²) in [5, 5.41) is 0. The summed E-state index contributed by atoms with van der Waals surface area (Å²) in [6.07, 6.45) is 6.42. The molecule has 100 heavy (non-hydrogen) atoms. The van der Waals surface area contributed by atoms with Gasteiger partial charge in [-0.1, -0.05) is 267 Å². The Bertz CT molecular complexity index is 5400. The fraction of sp³-hybridized carbons (Fsp3) is 0.0968. The number of benzene rings is 14. The van der Waals surface area contributed by atoms with Gasteiger partial charge in [-0.05, 0) is 177 Å². The average Bonchev–Trinajstić information content (AvgIpc) is 0.682. The van der Waals surface area contributed by atoms with Crippen LogP contribution in [0.5, 0.6) is 0 Å². The van der Waals surface area contributed by atoms with Crippen molar-refractivity contribution >= 4 is 120 Å². The Hall–Kier alpha value is -11.8. The molecule has 472 valence electrons. The summed E-state index contributed by atoms with van der Waals surface area (Å²) in [4.78, 5) is 13.6. The second kappa shape index (κ2) is 22.9. The van der Waals surface area contributed by atoms with Crippen molar-refractivity contribution in [1.82, 2.24) is 0 Å². The number of hydrogen-bond acceptors (Lipinski definition) is 5. The van der Waals surface area contributed by atoms with Crippen LogP contribution in [0.1, 0.15) is 32.1 Å². The molecule has 4 bridgehead atoms. The zero-order chi connectivity index (χ0) is 65.5. The molecule has 6 heterocycles. The van der Waals surface area contributed by atoms with Gasteiger partial charge in [-0.3, -0.25) is 0 Å². The van der Waals surface area contributed by atoms with E-state index < -0.39 is 0 Å². The summed E-state index contributed by atoms with van der Waals surface area (Å²) in [7, 11) is 0. The molecule has 4 fully saturated rings. The number of hydrogen-bond donors (Lipinski definition) is 0. The van der Waals surface area contributed by atoms with Crippen molar-refractivity contribution in [2.45, 2.75) is 44.2 Å². The second-order valence-corrected chi connectivity index (χ2v) is 28.7. The van der Waals surface area contributed by atoms with E-state index in [0.717, 1.165) is 68.1 Å². The van der Waals surface area contributed by atoms with Crippen LogP contribution >= 0.6 is 0 Å². The lowest BCUT2D eigenvalue weighted by Crippen LogP contribution is -2.65. The third kappa shape index (κ3) is 8.83. The summed E-state index contributed by atoms with van der Waals surface area (Å²) >= 11 is 0. The van der Waals surface area contributed by atoms with Crippen LogP contribution in [0.15, 0.2) is 334 Å². The van der Waals surface area contributed by atoms with E-state index in [9.17, 15) is 0 Å². The van der Waals surface area contributed by atoms with Gasteiger partial charge in [0.25, 0.3) is 13.4 Å². The van der Waals surface area contributed by atoms with Crippen LogP contribution in [0.2, 0.25) is 0 Å². The molecule has 0 amide bonds. The lowest BCUT2D eigenvalue weighted by atomic mass is 9.30. The highest BCUT2D eigenvalue weighted by molar-refractivity contribution is 7.03. The Morgan fingerprint density at radius 1 is 0.220 bits per heavy atom. The molecule has 8 aliphatic rings. The minimum Gasteiger partial charge on any atom is -0.365 e. The van der Waals surface area contributed by atoms with Crippen LogP contribution in [0, 0.1) is 11.8 Å². The number of rotatable bonds is 10. The fourth-order valence-corrected chi connectivity index (χ4v) is 19.4. The first-order valence-corrected chi connectivity index (χ1v) is 36.0. The summed E-state index contributed by atoms with van der Waals surface area (Å²) < 4.78 is 0. The highest BCUT2D eigenvalue weighted by atomic mass is 15.2. The summed E-state index contributed by atoms with van der Waals surface area (Å²) in [6, 6.07) is 128. The summed E-state index contributed by atoms with van der Waals surface area (Å²) in [5.74, 6) is 1.60. The molecule has 0 atom stereocenters. The first-order chi connectivity index (χ1) is 49.6. The van der Waals surface area contributed by atoms with E-state index in [2.05, 4.69) is 358 Å². The molecule has 14 aromatic rings. The number of nitrogens with zero attached hydrogens (tertiary/aromatic N) is 5. The molecule has 14 aromatic carbocycles. The Morgan fingerprint density at radius 2 is 0.550 bits per heavy atom. The van der Waals surface area contributed by atoms with E-state index in [1.165, 1.54) is 138 Å². The van der Waals surface area contributed by atoms with Crippen LogP contribution in [0.4, 0.5) is 73.9 Å². The number of fused-ring (bicyclic) bond motifs is 8. The van der Waals surface area contributed by atoms with Gasteiger partial charge in [-0.15, -0.1) is 0 Å². The minimum atomic E-state index is -0.175. The zero-order valence-electron chi connectivity index (χ0n) is 55.5. The average molecular weight is 1280 g/mol. The monoisotopic (exact) mass is 1280 g/mol. The summed E-state index contributed by atoms with van der Waals surface area (Å²) in [5.41, 5.74) is 35.0. The van der Waals surface area contributed by atoms with Gasteiger partial charge < -0.3 is 24.5 Å². The normalized spacial score (nSPS) is 17.7. The second-order valence-electron chi connectivity index (χ2n) is 28.7. The van der Waals surface area contributed by atoms with Gasteiger partial charge in [-0.2, -0.15) is 0 Å². The van der Waals surface area contributed by atoms with Crippen molar-refractivity contribution in [3.8, 4) is 55.6 Å². The maximum absolute atomic E-state index is 2.94. The Kier molecular flexibility index (Phi) is 13.1. The van der Waals surface area contributed by atoms with Crippen LogP contribution in [0.3, 0.4) is 0 Å². The van der Waals surface area contributed by atoms with E-state index in [-0.39, 0.29) is 13.4 Å². The smallest absolute Gasteiger partial charge is 0.252 e. The van der Waals surface area contributed by atoms with E-state index in [4.69, 9.17) is 0 Å². The van der Waals surface area contributed by atoms with Crippen molar-refractivity contribution in [3.63, 3.8) is 0 Å². The molecule has 6 aliphatic heterocycles. The molecule has 2 aliphatic carbocycles. The molecule has 2 saturated carbocycles. The molecule has 2 saturated heterocycles. The highest BCUT2D eigenvalue weighted by Crippen LogP contribution is 2.57. The Labute approximate surface area is 586 Å². The van der Waals surface area contributed by atoms with Gasteiger partial charge in [0.1, 0.15) is 0 Å². The molecule has 0 spiro atoms. The van der Waals surface area contributed by atoms with E-state index in [0.29, 0.717) is 12.1 Å². The van der Waals surface area contributed by atoms with Crippen LogP contribution < -0.4 is 57.3 Å². The van der Waals surface area contributed by atoms with Crippen molar-refractivity contribution in [2.24, 2.45) is 11.8 Å². The van der Waals surface area contributed by atoms with E-state index >= 15 is 0 Å². The van der Waals surface area contributed by atoms with Crippen molar-refractivity contribution in [1.29, 1.82) is 0 Å². The molecule has 22 rings (SSSR count). The van der Waals surface area contributed by atoms with Crippen LogP contribution in [-0.2, 0) is 0 Å². The van der Waals surface area contributed by atoms with Gasteiger partial charge in [0.2, 0.25) is 0 Å². The molecule has 0 N–H and O–H groups in total. The number of para-hydroxylation sites is 6. The van der Waals surface area contributed by atoms with Crippen LogP contribution in [-0.4, -0.2) is 25.5 Å². The Morgan fingerprint density at radius 3 is 0.990 bits per heavy atom. The predicted molar refractivity (Wildman–Crippen MR) is 422 cm³/mol. The number of anilines is 13. The first-order valence-electron chi connectivity index (χ1n) is 36.0. The maximum atomic E-state index is 2.94. The van der Waals surface area contributed by atoms with Gasteiger partial charge in [-0.25, -0.2) is 0 Å². The third-order valence-electron chi connectivity index (χ3n) is 23.2. The topological polar surface area (TPSA) is 16.2 Å². The van der Waals surface area contributed by atoms with Gasteiger partial charge in [0.15, 0.2) is 0 Å². The largest absolute Gasteiger partial charge is 0.365 e. The number of piperidine rings is 2. The quantitative estimate of drug-likeness (QED) is 0.127. The first kappa shape index (κ1) is 57.3. The van der Waals surface area contributed by atoms with Gasteiger partial charge in [0.05, 0.1) is 11.4 Å².